The van der Waals surface area contributed by atoms with Crippen LogP contribution >= 0.6 is 0 Å². The molecule has 0 radical (unpaired) electrons. The van der Waals surface area contributed by atoms with E-state index in [0.29, 0.717) is 12.0 Å². The maximum absolute atomic E-state index is 13.5. The first-order valence-electron chi connectivity index (χ1n) is 6.71. The van der Waals surface area contributed by atoms with E-state index in [1.165, 1.54) is 6.07 Å². The summed E-state index contributed by atoms with van der Waals surface area (Å²) in [7, 11) is 0. The van der Waals surface area contributed by atoms with Crippen molar-refractivity contribution in [1.82, 2.24) is 0 Å². The van der Waals surface area contributed by atoms with Crippen LogP contribution in [0.3, 0.4) is 0 Å². The van der Waals surface area contributed by atoms with Crippen molar-refractivity contribution in [3.8, 4) is 0 Å². The number of fused-ring (bicyclic) bond motifs is 1. The van der Waals surface area contributed by atoms with Crippen molar-refractivity contribution < 1.29 is 8.81 Å². The van der Waals surface area contributed by atoms with Crippen LogP contribution in [0.2, 0.25) is 0 Å². The van der Waals surface area contributed by atoms with Gasteiger partial charge in [0.05, 0.1) is 0 Å². The summed E-state index contributed by atoms with van der Waals surface area (Å²) in [4.78, 5) is 0. The first-order valence-corrected chi connectivity index (χ1v) is 6.71. The zero-order valence-corrected chi connectivity index (χ0v) is 11.1. The van der Waals surface area contributed by atoms with Crippen LogP contribution in [0, 0.1) is 5.82 Å². The van der Waals surface area contributed by atoms with Gasteiger partial charge in [0.2, 0.25) is 0 Å². The predicted molar refractivity (Wildman–Crippen MR) is 77.9 cm³/mol. The topological polar surface area (TPSA) is 39.2 Å². The molecule has 1 heterocycles. The van der Waals surface area contributed by atoms with Crippen LogP contribution in [0.15, 0.2) is 59.0 Å². The number of furan rings is 1. The van der Waals surface area contributed by atoms with Crippen LogP contribution in [0.4, 0.5) is 4.39 Å². The van der Waals surface area contributed by atoms with Gasteiger partial charge in [-0.05, 0) is 24.1 Å². The zero-order chi connectivity index (χ0) is 13.9. The number of para-hydroxylation sites is 1. The molecule has 2 nitrogen and oxygen atoms in total. The summed E-state index contributed by atoms with van der Waals surface area (Å²) in [6, 6.07) is 16.8. The van der Waals surface area contributed by atoms with E-state index in [4.69, 9.17) is 10.2 Å². The summed E-state index contributed by atoms with van der Waals surface area (Å²) < 4.78 is 19.1. The highest BCUT2D eigenvalue weighted by molar-refractivity contribution is 5.78. The maximum atomic E-state index is 13.5. The standard InChI is InChI=1S/C17H16FNO/c18-15-8-4-7-13-11-14(20-17(13)15)9-10-16(19)12-5-2-1-3-6-12/h1-8,11,16H,9-10,19H2. The molecule has 1 unspecified atom stereocenters. The molecule has 0 aliphatic rings. The predicted octanol–water partition coefficient (Wildman–Crippen LogP) is 4.20. The SMILES string of the molecule is NC(CCc1cc2cccc(F)c2o1)c1ccccc1. The molecule has 0 fully saturated rings. The van der Waals surface area contributed by atoms with E-state index in [-0.39, 0.29) is 11.9 Å². The highest BCUT2D eigenvalue weighted by atomic mass is 19.1. The van der Waals surface area contributed by atoms with Gasteiger partial charge in [0.15, 0.2) is 11.4 Å². The number of hydrogen-bond donors (Lipinski definition) is 1. The number of aryl methyl sites for hydroxylation is 1. The van der Waals surface area contributed by atoms with Gasteiger partial charge < -0.3 is 10.2 Å². The first-order chi connectivity index (χ1) is 9.74. The Morgan fingerprint density at radius 2 is 1.85 bits per heavy atom. The van der Waals surface area contributed by atoms with Gasteiger partial charge >= 0.3 is 0 Å². The highest BCUT2D eigenvalue weighted by Gasteiger charge is 2.10. The van der Waals surface area contributed by atoms with Crippen LogP contribution in [-0.2, 0) is 6.42 Å². The van der Waals surface area contributed by atoms with Crippen LogP contribution < -0.4 is 5.73 Å². The zero-order valence-electron chi connectivity index (χ0n) is 11.1. The molecule has 0 spiro atoms. The van der Waals surface area contributed by atoms with Crippen molar-refractivity contribution in [2.24, 2.45) is 5.73 Å². The summed E-state index contributed by atoms with van der Waals surface area (Å²) in [6.07, 6.45) is 1.47. The minimum atomic E-state index is -0.318. The molecule has 2 aromatic carbocycles. The summed E-state index contributed by atoms with van der Waals surface area (Å²) in [5.41, 5.74) is 7.59. The Balaban J connectivity index is 1.72. The second kappa shape index (κ2) is 5.47. The largest absolute Gasteiger partial charge is 0.458 e. The molecular formula is C17H16FNO. The van der Waals surface area contributed by atoms with Crippen molar-refractivity contribution >= 4 is 11.0 Å². The van der Waals surface area contributed by atoms with Crippen LogP contribution in [0.5, 0.6) is 0 Å². The second-order valence-corrected chi connectivity index (χ2v) is 4.93. The third kappa shape index (κ3) is 2.58. The molecule has 0 aliphatic carbocycles. The van der Waals surface area contributed by atoms with Crippen molar-refractivity contribution in [3.63, 3.8) is 0 Å². The highest BCUT2D eigenvalue weighted by Crippen LogP contribution is 2.24. The van der Waals surface area contributed by atoms with E-state index < -0.39 is 0 Å². The summed E-state index contributed by atoms with van der Waals surface area (Å²) in [5, 5.41) is 0.799. The average Bonchev–Trinajstić information content (AvgIpc) is 2.90. The molecule has 1 aromatic heterocycles. The number of nitrogens with two attached hydrogens (primary N) is 1. The Morgan fingerprint density at radius 1 is 1.05 bits per heavy atom. The Labute approximate surface area is 117 Å². The first kappa shape index (κ1) is 12.9. The van der Waals surface area contributed by atoms with Gasteiger partial charge in [0.1, 0.15) is 5.76 Å². The third-order valence-electron chi connectivity index (χ3n) is 3.48. The molecule has 20 heavy (non-hydrogen) atoms. The molecule has 0 aliphatic heterocycles. The Kier molecular flexibility index (Phi) is 3.52. The molecule has 3 heteroatoms. The van der Waals surface area contributed by atoms with Crippen LogP contribution in [0.1, 0.15) is 23.8 Å². The van der Waals surface area contributed by atoms with Gasteiger partial charge in [-0.25, -0.2) is 4.39 Å². The Morgan fingerprint density at radius 3 is 2.60 bits per heavy atom. The third-order valence-corrected chi connectivity index (χ3v) is 3.48. The fraction of sp³-hybridized carbons (Fsp3) is 0.176. The van der Waals surface area contributed by atoms with Crippen molar-refractivity contribution in [1.29, 1.82) is 0 Å². The van der Waals surface area contributed by atoms with Gasteiger partial charge in [0, 0.05) is 17.8 Å². The lowest BCUT2D eigenvalue weighted by molar-refractivity contribution is 0.500. The monoisotopic (exact) mass is 269 g/mol. The fourth-order valence-corrected chi connectivity index (χ4v) is 2.37. The molecular weight excluding hydrogens is 253 g/mol. The van der Waals surface area contributed by atoms with Crippen LogP contribution in [-0.4, -0.2) is 0 Å². The van der Waals surface area contributed by atoms with Gasteiger partial charge in [0.25, 0.3) is 0 Å². The lowest BCUT2D eigenvalue weighted by atomic mass is 10.0. The van der Waals surface area contributed by atoms with Gasteiger partial charge in [-0.15, -0.1) is 0 Å². The summed E-state index contributed by atoms with van der Waals surface area (Å²) in [6.45, 7) is 0. The normalized spacial score (nSPS) is 12.7. The molecule has 0 bridgehead atoms. The molecule has 1 atom stereocenters. The Bertz CT molecular complexity index is 705. The Hall–Kier alpha value is -2.13. The van der Waals surface area contributed by atoms with Crippen molar-refractivity contribution in [2.45, 2.75) is 18.9 Å². The molecule has 102 valence electrons. The molecule has 3 rings (SSSR count). The van der Waals surface area contributed by atoms with Gasteiger partial charge in [-0.2, -0.15) is 0 Å². The minimum Gasteiger partial charge on any atom is -0.458 e. The number of halogens is 1. The molecule has 2 N–H and O–H groups in total. The summed E-state index contributed by atoms with van der Waals surface area (Å²) in [5.74, 6) is 0.456. The minimum absolute atomic E-state index is 0.0331. The van der Waals surface area contributed by atoms with Gasteiger partial charge in [-0.3, -0.25) is 0 Å². The maximum Gasteiger partial charge on any atom is 0.169 e. The average molecular weight is 269 g/mol. The molecule has 3 aromatic rings. The number of benzene rings is 2. The van der Waals surface area contributed by atoms with E-state index in [1.54, 1.807) is 6.07 Å². The smallest absolute Gasteiger partial charge is 0.169 e. The fourth-order valence-electron chi connectivity index (χ4n) is 2.37. The summed E-state index contributed by atoms with van der Waals surface area (Å²) >= 11 is 0. The lowest BCUT2D eigenvalue weighted by Crippen LogP contribution is -2.10. The molecule has 0 saturated carbocycles. The molecule has 0 saturated heterocycles. The second-order valence-electron chi connectivity index (χ2n) is 4.93. The lowest BCUT2D eigenvalue weighted by Gasteiger charge is -2.10. The van der Waals surface area contributed by atoms with Crippen molar-refractivity contribution in [3.05, 3.63) is 71.7 Å². The van der Waals surface area contributed by atoms with E-state index in [2.05, 4.69) is 0 Å². The van der Waals surface area contributed by atoms with E-state index in [9.17, 15) is 4.39 Å². The van der Waals surface area contributed by atoms with Crippen LogP contribution in [0.25, 0.3) is 11.0 Å². The van der Waals surface area contributed by atoms with Gasteiger partial charge in [-0.1, -0.05) is 42.5 Å². The van der Waals surface area contributed by atoms with E-state index >= 15 is 0 Å². The number of rotatable bonds is 4. The quantitative estimate of drug-likeness (QED) is 0.770. The molecule has 0 amide bonds. The number of hydrogen-bond acceptors (Lipinski definition) is 2. The van der Waals surface area contributed by atoms with E-state index in [0.717, 1.165) is 23.1 Å². The van der Waals surface area contributed by atoms with Crippen molar-refractivity contribution in [2.75, 3.05) is 0 Å². The van der Waals surface area contributed by atoms with E-state index in [1.807, 2.05) is 42.5 Å².